The fourth-order valence-electron chi connectivity index (χ4n) is 1.60. The third-order valence-electron chi connectivity index (χ3n) is 3.03. The van der Waals surface area contributed by atoms with Crippen molar-refractivity contribution in [3.8, 4) is 5.75 Å². The van der Waals surface area contributed by atoms with Gasteiger partial charge in [0.2, 0.25) is 0 Å². The van der Waals surface area contributed by atoms with E-state index in [0.29, 0.717) is 5.75 Å². The average molecular weight is 286 g/mol. The smallest absolute Gasteiger partial charge is 0.155 e. The van der Waals surface area contributed by atoms with E-state index in [1.165, 1.54) is 0 Å². The lowest BCUT2D eigenvalue weighted by Gasteiger charge is -2.13. The molecule has 1 aromatic rings. The summed E-state index contributed by atoms with van der Waals surface area (Å²) in [6.45, 7) is 7.05. The van der Waals surface area contributed by atoms with Crippen molar-refractivity contribution >= 4 is 9.84 Å². The van der Waals surface area contributed by atoms with Gasteiger partial charge in [0.1, 0.15) is 12.4 Å². The molecular weight excluding hydrogens is 264 g/mol. The molecule has 1 atom stereocenters. The maximum atomic E-state index is 11.6. The van der Waals surface area contributed by atoms with Crippen molar-refractivity contribution in [3.63, 3.8) is 0 Å². The highest BCUT2D eigenvalue weighted by Crippen LogP contribution is 2.22. The second-order valence-electron chi connectivity index (χ2n) is 4.97. The zero-order valence-corrected chi connectivity index (χ0v) is 12.7. The Morgan fingerprint density at radius 3 is 2.37 bits per heavy atom. The van der Waals surface area contributed by atoms with Gasteiger partial charge in [-0.05, 0) is 51.0 Å². The van der Waals surface area contributed by atoms with E-state index in [0.717, 1.165) is 11.1 Å². The van der Waals surface area contributed by atoms with Crippen LogP contribution in [0.25, 0.3) is 0 Å². The van der Waals surface area contributed by atoms with Gasteiger partial charge < -0.3 is 9.84 Å². The monoisotopic (exact) mass is 286 g/mol. The predicted molar refractivity (Wildman–Crippen MR) is 76.2 cm³/mol. The largest absolute Gasteiger partial charge is 0.492 e. The van der Waals surface area contributed by atoms with Crippen LogP contribution in [-0.2, 0) is 9.84 Å². The van der Waals surface area contributed by atoms with Crippen LogP contribution in [0.2, 0.25) is 0 Å². The van der Waals surface area contributed by atoms with Gasteiger partial charge in [-0.3, -0.25) is 0 Å². The Balaban J connectivity index is 2.65. The summed E-state index contributed by atoms with van der Waals surface area (Å²) in [5, 5.41) is 9.08. The third kappa shape index (κ3) is 4.51. The fourth-order valence-corrected chi connectivity index (χ4v) is 2.38. The number of ether oxygens (including phenoxy) is 1. The average Bonchev–Trinajstić information content (AvgIpc) is 2.30. The molecule has 0 unspecified atom stereocenters. The van der Waals surface area contributed by atoms with Gasteiger partial charge in [-0.15, -0.1) is 0 Å². The van der Waals surface area contributed by atoms with Crippen molar-refractivity contribution in [2.45, 2.75) is 39.0 Å². The molecule has 0 bridgehead atoms. The minimum Gasteiger partial charge on any atom is -0.492 e. The number of aryl methyl sites for hydroxylation is 1. The molecule has 0 fully saturated rings. The highest BCUT2D eigenvalue weighted by Gasteiger charge is 2.16. The lowest BCUT2D eigenvalue weighted by Crippen LogP contribution is -2.22. The molecule has 0 saturated heterocycles. The van der Waals surface area contributed by atoms with Crippen LogP contribution in [0.15, 0.2) is 18.2 Å². The number of aliphatic hydroxyl groups is 1. The topological polar surface area (TPSA) is 63.6 Å². The van der Waals surface area contributed by atoms with Crippen molar-refractivity contribution in [2.75, 3.05) is 12.4 Å². The Kier molecular flexibility index (Phi) is 5.38. The summed E-state index contributed by atoms with van der Waals surface area (Å²) in [5.74, 6) is 0.672. The van der Waals surface area contributed by atoms with E-state index in [-0.39, 0.29) is 17.6 Å². The van der Waals surface area contributed by atoms with Gasteiger partial charge in [0.05, 0.1) is 17.1 Å². The molecule has 19 heavy (non-hydrogen) atoms. The van der Waals surface area contributed by atoms with Crippen LogP contribution in [0.3, 0.4) is 0 Å². The minimum absolute atomic E-state index is 0.0161. The SMILES string of the molecule is Cc1cc([C@@H](C)O)ccc1OCCS(=O)(=O)C(C)C. The first-order chi connectivity index (χ1) is 8.74. The maximum absolute atomic E-state index is 11.6. The maximum Gasteiger partial charge on any atom is 0.155 e. The van der Waals surface area contributed by atoms with Gasteiger partial charge in [0.25, 0.3) is 0 Å². The molecule has 0 saturated carbocycles. The van der Waals surface area contributed by atoms with Crippen LogP contribution in [0, 0.1) is 6.92 Å². The summed E-state index contributed by atoms with van der Waals surface area (Å²) in [5.41, 5.74) is 1.71. The highest BCUT2D eigenvalue weighted by molar-refractivity contribution is 7.91. The van der Waals surface area contributed by atoms with E-state index < -0.39 is 15.9 Å². The molecule has 1 N–H and O–H groups in total. The molecule has 108 valence electrons. The summed E-state index contributed by atoms with van der Waals surface area (Å²) in [6, 6.07) is 5.39. The van der Waals surface area contributed by atoms with Crippen LogP contribution in [0.5, 0.6) is 5.75 Å². The number of hydrogen-bond acceptors (Lipinski definition) is 4. The standard InChI is InChI=1S/C14H22O4S/c1-10(2)19(16,17)8-7-18-14-6-5-13(12(4)15)9-11(14)3/h5-6,9-10,12,15H,7-8H2,1-4H3/t12-/m1/s1. The van der Waals surface area contributed by atoms with Crippen LogP contribution >= 0.6 is 0 Å². The number of sulfone groups is 1. The van der Waals surface area contributed by atoms with E-state index in [4.69, 9.17) is 4.74 Å². The summed E-state index contributed by atoms with van der Waals surface area (Å²) in [6.07, 6.45) is -0.519. The number of rotatable bonds is 6. The molecule has 0 spiro atoms. The van der Waals surface area contributed by atoms with Gasteiger partial charge in [0.15, 0.2) is 9.84 Å². The molecule has 1 aromatic carbocycles. The lowest BCUT2D eigenvalue weighted by molar-refractivity contribution is 0.199. The molecule has 0 heterocycles. The van der Waals surface area contributed by atoms with Gasteiger partial charge >= 0.3 is 0 Å². The summed E-state index contributed by atoms with van der Waals surface area (Å²) in [4.78, 5) is 0. The van der Waals surface area contributed by atoms with Gasteiger partial charge in [-0.1, -0.05) is 6.07 Å². The Morgan fingerprint density at radius 2 is 1.89 bits per heavy atom. The molecule has 0 aliphatic heterocycles. The van der Waals surface area contributed by atoms with Crippen molar-refractivity contribution in [1.82, 2.24) is 0 Å². The molecule has 0 amide bonds. The van der Waals surface area contributed by atoms with Crippen LogP contribution in [0.1, 0.15) is 38.0 Å². The van der Waals surface area contributed by atoms with Crippen molar-refractivity contribution in [3.05, 3.63) is 29.3 Å². The molecule has 1 rings (SSSR count). The lowest BCUT2D eigenvalue weighted by atomic mass is 10.1. The third-order valence-corrected chi connectivity index (χ3v) is 5.20. The Morgan fingerprint density at radius 1 is 1.26 bits per heavy atom. The molecule has 0 aliphatic rings. The zero-order chi connectivity index (χ0) is 14.6. The van der Waals surface area contributed by atoms with Gasteiger partial charge in [0, 0.05) is 0 Å². The normalized spacial score (nSPS) is 13.6. The van der Waals surface area contributed by atoms with E-state index >= 15 is 0 Å². The molecule has 0 aromatic heterocycles. The van der Waals surface area contributed by atoms with Crippen molar-refractivity contribution < 1.29 is 18.3 Å². The quantitative estimate of drug-likeness (QED) is 0.871. The van der Waals surface area contributed by atoms with Gasteiger partial charge in [-0.2, -0.15) is 0 Å². The Labute approximate surface area is 115 Å². The zero-order valence-electron chi connectivity index (χ0n) is 11.9. The Hall–Kier alpha value is -1.07. The summed E-state index contributed by atoms with van der Waals surface area (Å²) >= 11 is 0. The minimum atomic E-state index is -3.07. The number of aliphatic hydroxyl groups excluding tert-OH is 1. The summed E-state index contributed by atoms with van der Waals surface area (Å²) in [7, 11) is -3.07. The summed E-state index contributed by atoms with van der Waals surface area (Å²) < 4.78 is 28.8. The molecule has 0 radical (unpaired) electrons. The molecular formula is C14H22O4S. The van der Waals surface area contributed by atoms with E-state index in [9.17, 15) is 13.5 Å². The first-order valence-corrected chi connectivity index (χ1v) is 8.08. The Bertz CT molecular complexity index is 518. The highest BCUT2D eigenvalue weighted by atomic mass is 32.2. The van der Waals surface area contributed by atoms with Gasteiger partial charge in [-0.25, -0.2) is 8.42 Å². The van der Waals surface area contributed by atoms with Crippen LogP contribution in [0.4, 0.5) is 0 Å². The first kappa shape index (κ1) is 16.0. The second-order valence-corrected chi connectivity index (χ2v) is 7.64. The van der Waals surface area contributed by atoms with E-state index in [2.05, 4.69) is 0 Å². The molecule has 5 heteroatoms. The number of hydrogen-bond donors (Lipinski definition) is 1. The van der Waals surface area contributed by atoms with Crippen LogP contribution in [-0.4, -0.2) is 31.1 Å². The van der Waals surface area contributed by atoms with E-state index in [1.807, 2.05) is 13.0 Å². The van der Waals surface area contributed by atoms with E-state index in [1.54, 1.807) is 32.9 Å². The fraction of sp³-hybridized carbons (Fsp3) is 0.571. The van der Waals surface area contributed by atoms with Crippen LogP contribution < -0.4 is 4.74 Å². The second kappa shape index (κ2) is 6.39. The first-order valence-electron chi connectivity index (χ1n) is 6.37. The molecule has 0 aliphatic carbocycles. The molecule has 4 nitrogen and oxygen atoms in total. The van der Waals surface area contributed by atoms with Crippen molar-refractivity contribution in [2.24, 2.45) is 0 Å². The predicted octanol–water partition coefficient (Wildman–Crippen LogP) is 2.25. The van der Waals surface area contributed by atoms with Crippen molar-refractivity contribution in [1.29, 1.82) is 0 Å². The number of benzene rings is 1.